The molecule has 47 heavy (non-hydrogen) atoms. The highest BCUT2D eigenvalue weighted by Gasteiger charge is 2.43. The van der Waals surface area contributed by atoms with Crippen LogP contribution in [0.3, 0.4) is 0 Å². The molecule has 240 valence electrons. The fourth-order valence-corrected chi connectivity index (χ4v) is 5.39. The molecule has 5 amide bonds. The van der Waals surface area contributed by atoms with E-state index < -0.39 is 36.4 Å². The second-order valence-corrected chi connectivity index (χ2v) is 11.1. The van der Waals surface area contributed by atoms with Gasteiger partial charge in [0.25, 0.3) is 11.8 Å². The van der Waals surface area contributed by atoms with Crippen molar-refractivity contribution >= 4 is 58.2 Å². The van der Waals surface area contributed by atoms with Gasteiger partial charge in [0, 0.05) is 30.0 Å². The minimum Gasteiger partial charge on any atom is -0.461 e. The Labute approximate surface area is 272 Å². The smallest absolute Gasteiger partial charge is 0.320 e. The van der Waals surface area contributed by atoms with Gasteiger partial charge in [-0.15, -0.1) is 0 Å². The molecule has 0 bridgehead atoms. The Balaban J connectivity index is 1.50. The number of nitrogens with zero attached hydrogens (tertiary/aromatic N) is 3. The highest BCUT2D eigenvalue weighted by atomic mass is 16.5. The van der Waals surface area contributed by atoms with Gasteiger partial charge < -0.3 is 20.3 Å². The van der Waals surface area contributed by atoms with Crippen LogP contribution in [-0.2, 0) is 30.5 Å². The monoisotopic (exact) mass is 633 g/mol. The second kappa shape index (κ2) is 14.4. The van der Waals surface area contributed by atoms with Crippen LogP contribution in [0.4, 0.5) is 33.2 Å². The van der Waals surface area contributed by atoms with Gasteiger partial charge in [-0.05, 0) is 67.9 Å². The summed E-state index contributed by atoms with van der Waals surface area (Å²) >= 11 is 0. The summed E-state index contributed by atoms with van der Waals surface area (Å²) in [5.41, 5.74) is 2.83. The summed E-state index contributed by atoms with van der Waals surface area (Å²) in [6.07, 6.45) is 0. The number of anilines is 5. The Bertz CT molecular complexity index is 1780. The Morgan fingerprint density at radius 2 is 1.45 bits per heavy atom. The Morgan fingerprint density at radius 3 is 2.11 bits per heavy atom. The molecule has 1 atom stereocenters. The van der Waals surface area contributed by atoms with Crippen molar-refractivity contribution in [2.75, 3.05) is 26.6 Å². The normalized spacial score (nSPS) is 14.3. The molecule has 0 saturated heterocycles. The maximum atomic E-state index is 14.4. The molecule has 0 radical (unpaired) electrons. The Morgan fingerprint density at radius 1 is 0.809 bits per heavy atom. The van der Waals surface area contributed by atoms with E-state index in [0.29, 0.717) is 34.0 Å². The number of para-hydroxylation sites is 4. The van der Waals surface area contributed by atoms with Crippen molar-refractivity contribution in [1.82, 2.24) is 5.32 Å². The number of ether oxygens (including phenoxy) is 1. The van der Waals surface area contributed by atoms with Crippen molar-refractivity contribution in [3.8, 4) is 0 Å². The third-order valence-electron chi connectivity index (χ3n) is 7.42. The van der Waals surface area contributed by atoms with Gasteiger partial charge in [-0.3, -0.25) is 29.0 Å². The molecule has 4 aromatic carbocycles. The number of benzene rings is 4. The predicted molar refractivity (Wildman–Crippen MR) is 179 cm³/mol. The summed E-state index contributed by atoms with van der Waals surface area (Å²) in [6, 6.07) is 28.6. The molecule has 0 fully saturated rings. The van der Waals surface area contributed by atoms with Gasteiger partial charge in [-0.2, -0.15) is 0 Å². The standard InChI is InChI=1S/C36H35N5O6/c1-24(2)40(28-15-6-4-7-16-28)32(43)22-39-30-19-10-11-20-31(30)41(29-17-8-5-9-18-29)35(45)33(34(39)44)38-36(46)37-27-14-12-13-26(21-27)23-47-25(3)42/h4-21,24,33H,22-23H2,1-3H3,(H2,37,38,46). The zero-order valence-corrected chi connectivity index (χ0v) is 26.3. The summed E-state index contributed by atoms with van der Waals surface area (Å²) in [5.74, 6) is -2.29. The molecule has 0 spiro atoms. The fourth-order valence-electron chi connectivity index (χ4n) is 5.39. The first-order chi connectivity index (χ1) is 22.6. The highest BCUT2D eigenvalue weighted by molar-refractivity contribution is 6.25. The molecule has 5 rings (SSSR count). The molecule has 0 saturated carbocycles. The van der Waals surface area contributed by atoms with E-state index in [1.165, 1.54) is 16.7 Å². The van der Waals surface area contributed by atoms with E-state index in [1.54, 1.807) is 83.8 Å². The van der Waals surface area contributed by atoms with E-state index in [1.807, 2.05) is 44.2 Å². The molecular formula is C36H35N5O6. The number of urea groups is 1. The van der Waals surface area contributed by atoms with Crippen LogP contribution in [0.5, 0.6) is 0 Å². The molecule has 2 N–H and O–H groups in total. The van der Waals surface area contributed by atoms with Crippen LogP contribution >= 0.6 is 0 Å². The maximum Gasteiger partial charge on any atom is 0.320 e. The lowest BCUT2D eigenvalue weighted by Crippen LogP contribution is -2.57. The predicted octanol–water partition coefficient (Wildman–Crippen LogP) is 5.39. The SMILES string of the molecule is CC(=O)OCc1cccc(NC(=O)NC2C(=O)N(CC(=O)N(c3ccccc3)C(C)C)c3ccccc3N(c3ccccc3)C2=O)c1. The third-order valence-corrected chi connectivity index (χ3v) is 7.42. The highest BCUT2D eigenvalue weighted by Crippen LogP contribution is 2.38. The zero-order valence-electron chi connectivity index (χ0n) is 26.3. The first-order valence-electron chi connectivity index (χ1n) is 15.1. The van der Waals surface area contributed by atoms with E-state index in [0.717, 1.165) is 0 Å². The summed E-state index contributed by atoms with van der Waals surface area (Å²) in [5, 5.41) is 5.21. The molecule has 11 nitrogen and oxygen atoms in total. The van der Waals surface area contributed by atoms with Crippen molar-refractivity contribution in [2.45, 2.75) is 39.5 Å². The number of nitrogens with one attached hydrogen (secondary N) is 2. The maximum absolute atomic E-state index is 14.4. The van der Waals surface area contributed by atoms with Crippen molar-refractivity contribution in [3.05, 3.63) is 115 Å². The zero-order chi connectivity index (χ0) is 33.5. The van der Waals surface area contributed by atoms with Crippen LogP contribution in [0.25, 0.3) is 0 Å². The first-order valence-corrected chi connectivity index (χ1v) is 15.1. The average Bonchev–Trinajstić information content (AvgIpc) is 3.13. The van der Waals surface area contributed by atoms with E-state index in [4.69, 9.17) is 4.74 Å². The molecule has 1 unspecified atom stereocenters. The lowest BCUT2D eigenvalue weighted by Gasteiger charge is -2.31. The van der Waals surface area contributed by atoms with E-state index >= 15 is 0 Å². The molecule has 11 heteroatoms. The minimum absolute atomic E-state index is 0.00965. The number of carbonyl (C=O) groups is 5. The van der Waals surface area contributed by atoms with Crippen molar-refractivity contribution in [3.63, 3.8) is 0 Å². The lowest BCUT2D eigenvalue weighted by atomic mass is 10.2. The lowest BCUT2D eigenvalue weighted by molar-refractivity contribution is -0.142. The van der Waals surface area contributed by atoms with Crippen molar-refractivity contribution < 1.29 is 28.7 Å². The van der Waals surface area contributed by atoms with Gasteiger partial charge in [0.05, 0.1) is 11.4 Å². The average molecular weight is 634 g/mol. The summed E-state index contributed by atoms with van der Waals surface area (Å²) in [6.45, 7) is 4.66. The molecule has 1 heterocycles. The number of amides is 5. The fraction of sp³-hybridized carbons (Fsp3) is 0.194. The van der Waals surface area contributed by atoms with Crippen LogP contribution in [-0.4, -0.2) is 48.4 Å². The van der Waals surface area contributed by atoms with Crippen molar-refractivity contribution in [2.24, 2.45) is 0 Å². The topological polar surface area (TPSA) is 128 Å². The van der Waals surface area contributed by atoms with Crippen molar-refractivity contribution in [1.29, 1.82) is 0 Å². The number of carbonyl (C=O) groups excluding carboxylic acids is 5. The number of esters is 1. The summed E-state index contributed by atoms with van der Waals surface area (Å²) < 4.78 is 5.04. The first kappa shape index (κ1) is 32.4. The molecule has 0 aliphatic carbocycles. The third kappa shape index (κ3) is 7.47. The van der Waals surface area contributed by atoms with Crippen LogP contribution in [0.1, 0.15) is 26.3 Å². The second-order valence-electron chi connectivity index (χ2n) is 11.1. The van der Waals surface area contributed by atoms with Gasteiger partial charge in [-0.25, -0.2) is 4.79 Å². The van der Waals surface area contributed by atoms with Gasteiger partial charge in [-0.1, -0.05) is 60.7 Å². The summed E-state index contributed by atoms with van der Waals surface area (Å²) in [4.78, 5) is 71.4. The van der Waals surface area contributed by atoms with Crippen LogP contribution in [0.15, 0.2) is 109 Å². The van der Waals surface area contributed by atoms with Gasteiger partial charge in [0.15, 0.2) is 6.04 Å². The van der Waals surface area contributed by atoms with Crippen LogP contribution in [0, 0.1) is 0 Å². The van der Waals surface area contributed by atoms with E-state index in [-0.39, 0.29) is 18.6 Å². The number of fused-ring (bicyclic) bond motifs is 1. The Hall–Kier alpha value is -5.97. The van der Waals surface area contributed by atoms with Gasteiger partial charge in [0.1, 0.15) is 13.2 Å². The molecular weight excluding hydrogens is 598 g/mol. The number of hydrogen-bond acceptors (Lipinski definition) is 6. The molecule has 1 aliphatic rings. The molecule has 1 aliphatic heterocycles. The number of rotatable bonds is 9. The van der Waals surface area contributed by atoms with E-state index in [2.05, 4.69) is 10.6 Å². The minimum atomic E-state index is -1.69. The quantitative estimate of drug-likeness (QED) is 0.188. The largest absolute Gasteiger partial charge is 0.461 e. The van der Waals surface area contributed by atoms with Gasteiger partial charge in [0.2, 0.25) is 5.91 Å². The molecule has 4 aromatic rings. The Kier molecular flexibility index (Phi) is 9.95. The number of hydrogen-bond donors (Lipinski definition) is 2. The summed E-state index contributed by atoms with van der Waals surface area (Å²) in [7, 11) is 0. The van der Waals surface area contributed by atoms with Gasteiger partial charge >= 0.3 is 12.0 Å². The van der Waals surface area contributed by atoms with Crippen LogP contribution < -0.4 is 25.3 Å². The van der Waals surface area contributed by atoms with E-state index in [9.17, 15) is 24.0 Å². The van der Waals surface area contributed by atoms with Crippen LogP contribution in [0.2, 0.25) is 0 Å². The molecule has 0 aromatic heterocycles.